The van der Waals surface area contributed by atoms with E-state index in [0.29, 0.717) is 13.1 Å². The molecule has 2 rings (SSSR count). The zero-order chi connectivity index (χ0) is 20.5. The summed E-state index contributed by atoms with van der Waals surface area (Å²) in [5.41, 5.74) is 2.16. The van der Waals surface area contributed by atoms with E-state index < -0.39 is 0 Å². The Bertz CT molecular complexity index is 743. The number of rotatable bonds is 9. The number of guanidine groups is 1. The third-order valence-corrected chi connectivity index (χ3v) is 5.13. The number of nitrogens with zero attached hydrogens (tertiary/aromatic N) is 3. The first kappa shape index (κ1) is 22.2. The van der Waals surface area contributed by atoms with E-state index in [2.05, 4.69) is 39.6 Å². The zero-order valence-corrected chi connectivity index (χ0v) is 18.5. The lowest BCUT2D eigenvalue weighted by atomic mass is 10.2. The molecule has 0 fully saturated rings. The molecule has 0 aliphatic carbocycles. The van der Waals surface area contributed by atoms with Gasteiger partial charge in [-0.1, -0.05) is 12.1 Å². The van der Waals surface area contributed by atoms with Crippen LogP contribution in [0.5, 0.6) is 5.75 Å². The fraction of sp³-hybridized carbons (Fsp3) is 0.524. The highest BCUT2D eigenvalue weighted by Crippen LogP contribution is 2.21. The van der Waals surface area contributed by atoms with E-state index >= 15 is 0 Å². The van der Waals surface area contributed by atoms with Crippen LogP contribution in [0, 0.1) is 0 Å². The first-order valence-corrected chi connectivity index (χ1v) is 10.5. The maximum atomic E-state index is 5.69. The van der Waals surface area contributed by atoms with Gasteiger partial charge in [0.2, 0.25) is 0 Å². The highest BCUT2D eigenvalue weighted by atomic mass is 32.1. The summed E-state index contributed by atoms with van der Waals surface area (Å²) in [4.78, 5) is 11.5. The average Bonchev–Trinajstić information content (AvgIpc) is 3.13. The summed E-state index contributed by atoms with van der Waals surface area (Å²) in [6.07, 6.45) is 0.199. The topological polar surface area (TPSA) is 59.0 Å². The van der Waals surface area contributed by atoms with Crippen LogP contribution in [0.15, 0.2) is 34.6 Å². The molecule has 0 amide bonds. The average molecular weight is 405 g/mol. The Kier molecular flexibility index (Phi) is 8.73. The molecule has 0 radical (unpaired) electrons. The van der Waals surface area contributed by atoms with E-state index in [-0.39, 0.29) is 12.2 Å². The molecule has 1 aromatic heterocycles. The Hall–Kier alpha value is -2.12. The Morgan fingerprint density at radius 3 is 2.57 bits per heavy atom. The van der Waals surface area contributed by atoms with E-state index in [1.807, 2.05) is 40.0 Å². The van der Waals surface area contributed by atoms with Crippen molar-refractivity contribution >= 4 is 17.3 Å². The molecule has 1 N–H and O–H groups in total. The van der Waals surface area contributed by atoms with Crippen molar-refractivity contribution in [3.05, 3.63) is 45.9 Å². The minimum absolute atomic E-state index is 0.0219. The number of hydrogen-bond acceptors (Lipinski definition) is 5. The Balaban J connectivity index is 2.01. The predicted molar refractivity (Wildman–Crippen MR) is 116 cm³/mol. The SMILES string of the molecule is CCNC(=NCc1ccc(OC(C)C)cc1)N(C)Cc1csc(C(C)OC)n1. The second-order valence-electron chi connectivity index (χ2n) is 6.89. The summed E-state index contributed by atoms with van der Waals surface area (Å²) in [7, 11) is 3.73. The lowest BCUT2D eigenvalue weighted by Crippen LogP contribution is -2.38. The van der Waals surface area contributed by atoms with Gasteiger partial charge in [0, 0.05) is 26.1 Å². The van der Waals surface area contributed by atoms with Gasteiger partial charge in [-0.25, -0.2) is 9.98 Å². The molecule has 1 unspecified atom stereocenters. The Morgan fingerprint density at radius 2 is 1.96 bits per heavy atom. The van der Waals surface area contributed by atoms with Crippen molar-refractivity contribution in [2.24, 2.45) is 4.99 Å². The summed E-state index contributed by atoms with van der Waals surface area (Å²) < 4.78 is 11.0. The second-order valence-corrected chi connectivity index (χ2v) is 7.78. The number of aromatic nitrogens is 1. The molecule has 6 nitrogen and oxygen atoms in total. The standard InChI is InChI=1S/C21H32N4O2S/c1-7-22-21(23-12-17-8-10-19(11-9-17)27-15(2)3)25(5)13-18-14-28-20(24-18)16(4)26-6/h8-11,14-16H,7,12-13H2,1-6H3,(H,22,23). The molecule has 0 saturated heterocycles. The van der Waals surface area contributed by atoms with Gasteiger partial charge in [-0.2, -0.15) is 0 Å². The molecule has 0 saturated carbocycles. The van der Waals surface area contributed by atoms with E-state index in [9.17, 15) is 0 Å². The Labute approximate surface area is 172 Å². The van der Waals surface area contributed by atoms with Crippen LogP contribution in [0.1, 0.15) is 50.1 Å². The fourth-order valence-corrected chi connectivity index (χ4v) is 3.42. The van der Waals surface area contributed by atoms with Crippen LogP contribution < -0.4 is 10.1 Å². The van der Waals surface area contributed by atoms with Crippen molar-refractivity contribution in [1.82, 2.24) is 15.2 Å². The number of thiazole rings is 1. The first-order chi connectivity index (χ1) is 13.4. The van der Waals surface area contributed by atoms with Gasteiger partial charge in [0.25, 0.3) is 0 Å². The maximum Gasteiger partial charge on any atom is 0.194 e. The molecule has 2 aromatic rings. The van der Waals surface area contributed by atoms with Gasteiger partial charge in [-0.05, 0) is 45.4 Å². The van der Waals surface area contributed by atoms with Gasteiger partial charge in [0.1, 0.15) is 16.9 Å². The molecular formula is C21H32N4O2S. The molecule has 7 heteroatoms. The van der Waals surface area contributed by atoms with Crippen LogP contribution >= 0.6 is 11.3 Å². The number of nitrogens with one attached hydrogen (secondary N) is 1. The van der Waals surface area contributed by atoms with Gasteiger partial charge >= 0.3 is 0 Å². The molecular weight excluding hydrogens is 372 g/mol. The van der Waals surface area contributed by atoms with Crippen LogP contribution in [0.4, 0.5) is 0 Å². The van der Waals surface area contributed by atoms with E-state index in [1.165, 1.54) is 0 Å². The summed E-state index contributed by atoms with van der Waals surface area (Å²) in [6.45, 7) is 10.2. The van der Waals surface area contributed by atoms with E-state index in [1.54, 1.807) is 18.4 Å². The second kappa shape index (κ2) is 11.0. The quantitative estimate of drug-likeness (QED) is 0.500. The molecule has 1 aromatic carbocycles. The Morgan fingerprint density at radius 1 is 1.25 bits per heavy atom. The number of hydrogen-bond donors (Lipinski definition) is 1. The van der Waals surface area contributed by atoms with Crippen molar-refractivity contribution in [2.75, 3.05) is 20.7 Å². The highest BCUT2D eigenvalue weighted by molar-refractivity contribution is 7.09. The molecule has 1 heterocycles. The summed E-state index contributed by atoms with van der Waals surface area (Å²) in [5, 5.41) is 6.43. The fourth-order valence-electron chi connectivity index (χ4n) is 2.58. The van der Waals surface area contributed by atoms with Gasteiger partial charge in [0.15, 0.2) is 5.96 Å². The van der Waals surface area contributed by atoms with Crippen molar-refractivity contribution in [3.63, 3.8) is 0 Å². The summed E-state index contributed by atoms with van der Waals surface area (Å²) in [6, 6.07) is 8.11. The van der Waals surface area contributed by atoms with Crippen molar-refractivity contribution < 1.29 is 9.47 Å². The van der Waals surface area contributed by atoms with Crippen LogP contribution in [-0.4, -0.2) is 42.6 Å². The predicted octanol–water partition coefficient (Wildman–Crippen LogP) is 4.24. The monoisotopic (exact) mass is 404 g/mol. The smallest absolute Gasteiger partial charge is 0.194 e. The molecule has 0 spiro atoms. The van der Waals surface area contributed by atoms with Crippen molar-refractivity contribution in [3.8, 4) is 5.75 Å². The van der Waals surface area contributed by atoms with Gasteiger partial charge in [0.05, 0.1) is 24.9 Å². The largest absolute Gasteiger partial charge is 0.491 e. The first-order valence-electron chi connectivity index (χ1n) is 9.65. The minimum Gasteiger partial charge on any atom is -0.491 e. The lowest BCUT2D eigenvalue weighted by molar-refractivity contribution is 0.119. The number of benzene rings is 1. The molecule has 28 heavy (non-hydrogen) atoms. The van der Waals surface area contributed by atoms with Crippen LogP contribution in [0.2, 0.25) is 0 Å². The van der Waals surface area contributed by atoms with Gasteiger partial charge in [-0.15, -0.1) is 11.3 Å². The number of methoxy groups -OCH3 is 1. The van der Waals surface area contributed by atoms with Crippen LogP contribution in [-0.2, 0) is 17.8 Å². The van der Waals surface area contributed by atoms with Gasteiger partial charge in [-0.3, -0.25) is 0 Å². The number of ether oxygens (including phenoxy) is 2. The molecule has 1 atom stereocenters. The number of aliphatic imine (C=N–C) groups is 1. The van der Waals surface area contributed by atoms with E-state index in [4.69, 9.17) is 14.5 Å². The maximum absolute atomic E-state index is 5.69. The molecule has 0 aliphatic heterocycles. The minimum atomic E-state index is 0.0219. The summed E-state index contributed by atoms with van der Waals surface area (Å²) >= 11 is 1.63. The van der Waals surface area contributed by atoms with Crippen molar-refractivity contribution in [1.29, 1.82) is 0 Å². The van der Waals surface area contributed by atoms with Crippen LogP contribution in [0.25, 0.3) is 0 Å². The summed E-state index contributed by atoms with van der Waals surface area (Å²) in [5.74, 6) is 1.75. The normalized spacial score (nSPS) is 12.9. The third kappa shape index (κ3) is 6.80. The highest BCUT2D eigenvalue weighted by Gasteiger charge is 2.12. The molecule has 0 bridgehead atoms. The van der Waals surface area contributed by atoms with Crippen LogP contribution in [0.3, 0.4) is 0 Å². The zero-order valence-electron chi connectivity index (χ0n) is 17.7. The molecule has 154 valence electrons. The van der Waals surface area contributed by atoms with Gasteiger partial charge < -0.3 is 19.7 Å². The van der Waals surface area contributed by atoms with Crippen molar-refractivity contribution in [2.45, 2.75) is 53.0 Å². The van der Waals surface area contributed by atoms with E-state index in [0.717, 1.165) is 34.5 Å². The molecule has 0 aliphatic rings. The lowest BCUT2D eigenvalue weighted by Gasteiger charge is -2.21. The third-order valence-electron chi connectivity index (χ3n) is 4.07.